The Hall–Kier alpha value is -0.820. The number of hydrogen-bond acceptors (Lipinski definition) is 5. The van der Waals surface area contributed by atoms with Crippen LogP contribution in [0.5, 0.6) is 5.75 Å². The fraction of sp³-hybridized carbons (Fsp3) is 0.538. The van der Waals surface area contributed by atoms with Crippen LogP contribution in [-0.4, -0.2) is 34.5 Å². The zero-order chi connectivity index (χ0) is 14.8. The summed E-state index contributed by atoms with van der Waals surface area (Å²) in [4.78, 5) is 0. The van der Waals surface area contributed by atoms with Gasteiger partial charge < -0.3 is 9.47 Å². The maximum atomic E-state index is 11.2. The Kier molecular flexibility index (Phi) is 4.90. The van der Waals surface area contributed by atoms with Crippen LogP contribution in [0.15, 0.2) is 18.2 Å². The number of hydrogen-bond donors (Lipinski definition) is 0. The van der Waals surface area contributed by atoms with Gasteiger partial charge in [0.05, 0.1) is 30.6 Å². The van der Waals surface area contributed by atoms with Gasteiger partial charge in [-0.3, -0.25) is 4.18 Å². The quantitative estimate of drug-likeness (QED) is 0.798. The van der Waals surface area contributed by atoms with Crippen LogP contribution < -0.4 is 4.74 Å². The van der Waals surface area contributed by atoms with Crippen LogP contribution in [0.3, 0.4) is 0 Å². The lowest BCUT2D eigenvalue weighted by Gasteiger charge is -2.29. The Bertz CT molecular complexity index is 572. The van der Waals surface area contributed by atoms with Crippen molar-refractivity contribution in [1.82, 2.24) is 0 Å². The van der Waals surface area contributed by atoms with Crippen LogP contribution in [0, 0.1) is 0 Å². The molecule has 1 aliphatic heterocycles. The van der Waals surface area contributed by atoms with E-state index in [1.165, 1.54) is 0 Å². The van der Waals surface area contributed by atoms with Crippen molar-refractivity contribution in [3.63, 3.8) is 0 Å². The molecule has 0 spiro atoms. The van der Waals surface area contributed by atoms with Gasteiger partial charge in [-0.25, -0.2) is 0 Å². The van der Waals surface area contributed by atoms with Gasteiger partial charge in [0.25, 0.3) is 10.1 Å². The van der Waals surface area contributed by atoms with Gasteiger partial charge >= 0.3 is 0 Å². The van der Waals surface area contributed by atoms with E-state index < -0.39 is 10.1 Å². The molecule has 0 N–H and O–H groups in total. The van der Waals surface area contributed by atoms with Crippen molar-refractivity contribution >= 4 is 21.7 Å². The summed E-state index contributed by atoms with van der Waals surface area (Å²) in [6, 6.07) is 5.38. The first-order chi connectivity index (χ1) is 9.39. The predicted molar refractivity (Wildman–Crippen MR) is 75.6 cm³/mol. The van der Waals surface area contributed by atoms with E-state index in [1.54, 1.807) is 19.2 Å². The summed E-state index contributed by atoms with van der Waals surface area (Å²) in [6.07, 6.45) is 1.53. The van der Waals surface area contributed by atoms with Crippen molar-refractivity contribution in [3.05, 3.63) is 28.8 Å². The van der Waals surface area contributed by atoms with Gasteiger partial charge in [-0.15, -0.1) is 0 Å². The highest BCUT2D eigenvalue weighted by molar-refractivity contribution is 7.86. The van der Waals surface area contributed by atoms with Gasteiger partial charge in [0.15, 0.2) is 0 Å². The largest absolute Gasteiger partial charge is 0.495 e. The summed E-state index contributed by atoms with van der Waals surface area (Å²) in [7, 11) is -1.91. The second kappa shape index (κ2) is 6.30. The Morgan fingerprint density at radius 1 is 1.40 bits per heavy atom. The van der Waals surface area contributed by atoms with E-state index in [1.807, 2.05) is 6.07 Å². The third kappa shape index (κ3) is 4.09. The van der Waals surface area contributed by atoms with Gasteiger partial charge in [0.2, 0.25) is 0 Å². The molecular weight excluding hydrogens is 304 g/mol. The van der Waals surface area contributed by atoms with Crippen molar-refractivity contribution in [3.8, 4) is 5.75 Å². The number of halogens is 1. The van der Waals surface area contributed by atoms with E-state index in [2.05, 4.69) is 0 Å². The number of benzene rings is 1. The minimum Gasteiger partial charge on any atom is -0.495 e. The lowest BCUT2D eigenvalue weighted by atomic mass is 9.99. The van der Waals surface area contributed by atoms with Gasteiger partial charge in [0.1, 0.15) is 5.75 Å². The first kappa shape index (κ1) is 15.6. The number of ether oxygens (including phenoxy) is 2. The van der Waals surface area contributed by atoms with Crippen LogP contribution in [-0.2, 0) is 19.0 Å². The zero-order valence-electron chi connectivity index (χ0n) is 11.3. The second-order valence-corrected chi connectivity index (χ2v) is 6.71. The van der Waals surface area contributed by atoms with Crippen molar-refractivity contribution < 1.29 is 22.1 Å². The van der Waals surface area contributed by atoms with Crippen molar-refractivity contribution in [1.29, 1.82) is 0 Å². The average Bonchev–Trinajstić information content (AvgIpc) is 2.37. The molecule has 2 rings (SSSR count). The summed E-state index contributed by atoms with van der Waals surface area (Å²) in [5, 5.41) is 0.524. The molecule has 20 heavy (non-hydrogen) atoms. The van der Waals surface area contributed by atoms with Gasteiger partial charge in [-0.1, -0.05) is 17.7 Å². The van der Waals surface area contributed by atoms with Crippen LogP contribution in [0.25, 0.3) is 0 Å². The van der Waals surface area contributed by atoms with E-state index in [9.17, 15) is 8.42 Å². The fourth-order valence-corrected chi connectivity index (χ4v) is 3.07. The summed E-state index contributed by atoms with van der Waals surface area (Å²) in [5.41, 5.74) is 0.896. The normalized spacial score (nSPS) is 23.6. The van der Waals surface area contributed by atoms with E-state index in [4.69, 9.17) is 25.3 Å². The molecule has 7 heteroatoms. The summed E-state index contributed by atoms with van der Waals surface area (Å²) in [6.45, 7) is 0.454. The highest BCUT2D eigenvalue weighted by Crippen LogP contribution is 2.34. The molecule has 1 aromatic rings. The van der Waals surface area contributed by atoms with Crippen molar-refractivity contribution in [2.45, 2.75) is 25.0 Å². The molecule has 0 bridgehead atoms. The Morgan fingerprint density at radius 3 is 2.80 bits per heavy atom. The first-order valence-electron chi connectivity index (χ1n) is 6.22. The van der Waals surface area contributed by atoms with Crippen molar-refractivity contribution in [2.24, 2.45) is 0 Å². The third-order valence-corrected chi connectivity index (χ3v) is 4.03. The number of rotatable bonds is 4. The molecule has 0 aliphatic carbocycles. The Balaban J connectivity index is 2.12. The minimum atomic E-state index is -3.45. The lowest BCUT2D eigenvalue weighted by Crippen LogP contribution is -2.28. The van der Waals surface area contributed by atoms with E-state index >= 15 is 0 Å². The zero-order valence-corrected chi connectivity index (χ0v) is 12.9. The highest BCUT2D eigenvalue weighted by atomic mass is 35.5. The van der Waals surface area contributed by atoms with Crippen molar-refractivity contribution in [2.75, 3.05) is 20.0 Å². The van der Waals surface area contributed by atoms with Gasteiger partial charge in [0, 0.05) is 13.0 Å². The molecule has 0 aromatic heterocycles. The molecular formula is C13H17ClO5S. The monoisotopic (exact) mass is 320 g/mol. The molecule has 2 atom stereocenters. The first-order valence-corrected chi connectivity index (χ1v) is 8.42. The molecule has 1 heterocycles. The van der Waals surface area contributed by atoms with E-state index in [0.717, 1.165) is 11.8 Å². The molecule has 112 valence electrons. The molecule has 0 saturated carbocycles. The standard InChI is InChI=1S/C13H17ClO5S/c1-17-13-7-9(3-4-11(13)14)12-8-10(5-6-18-12)19-20(2,15)16/h3-4,7,10,12H,5-6,8H2,1-2H3. The number of methoxy groups -OCH3 is 1. The predicted octanol–water partition coefficient (Wildman–Crippen LogP) is 2.54. The summed E-state index contributed by atoms with van der Waals surface area (Å²) < 4.78 is 38.3. The molecule has 0 radical (unpaired) electrons. The van der Waals surface area contributed by atoms with Crippen LogP contribution in [0.4, 0.5) is 0 Å². The molecule has 1 saturated heterocycles. The highest BCUT2D eigenvalue weighted by Gasteiger charge is 2.27. The van der Waals surface area contributed by atoms with Gasteiger partial charge in [-0.2, -0.15) is 8.42 Å². The smallest absolute Gasteiger partial charge is 0.264 e. The van der Waals surface area contributed by atoms with Crippen LogP contribution >= 0.6 is 11.6 Å². The summed E-state index contributed by atoms with van der Waals surface area (Å²) in [5.74, 6) is 0.568. The van der Waals surface area contributed by atoms with Crippen LogP contribution in [0.2, 0.25) is 5.02 Å². The average molecular weight is 321 g/mol. The van der Waals surface area contributed by atoms with E-state index in [-0.39, 0.29) is 12.2 Å². The third-order valence-electron chi connectivity index (χ3n) is 3.09. The topological polar surface area (TPSA) is 61.8 Å². The Labute approximate surface area is 123 Å². The van der Waals surface area contributed by atoms with E-state index in [0.29, 0.717) is 30.2 Å². The molecule has 0 amide bonds. The summed E-state index contributed by atoms with van der Waals surface area (Å²) >= 11 is 5.98. The molecule has 1 fully saturated rings. The minimum absolute atomic E-state index is 0.221. The second-order valence-electron chi connectivity index (χ2n) is 4.70. The molecule has 5 nitrogen and oxygen atoms in total. The Morgan fingerprint density at radius 2 is 2.15 bits per heavy atom. The fourth-order valence-electron chi connectivity index (χ4n) is 2.21. The molecule has 1 aromatic carbocycles. The SMILES string of the molecule is COc1cc(C2CC(OS(C)(=O)=O)CCO2)ccc1Cl. The van der Waals surface area contributed by atoms with Gasteiger partial charge in [-0.05, 0) is 24.1 Å². The molecule has 1 aliphatic rings. The van der Waals surface area contributed by atoms with Crippen LogP contribution in [0.1, 0.15) is 24.5 Å². The maximum absolute atomic E-state index is 11.2. The lowest BCUT2D eigenvalue weighted by molar-refractivity contribution is -0.0343. The maximum Gasteiger partial charge on any atom is 0.264 e. The molecule has 2 unspecified atom stereocenters.